The number of pyridine rings is 1. The number of likely N-dealkylation sites (tertiary alicyclic amines) is 1. The molecule has 25 heavy (non-hydrogen) atoms. The fraction of sp³-hybridized carbons (Fsp3) is 0.632. The monoisotopic (exact) mass is 341 g/mol. The molecular formula is C19H27N5O. The minimum Gasteiger partial charge on any atom is -0.370 e. The Labute approximate surface area is 149 Å². The summed E-state index contributed by atoms with van der Waals surface area (Å²) in [5, 5.41) is 15.7. The van der Waals surface area contributed by atoms with E-state index in [0.717, 1.165) is 63.3 Å². The molecule has 6 heteroatoms. The number of aromatic nitrogens is 1. The second-order valence-electron chi connectivity index (χ2n) is 7.38. The molecule has 1 aromatic rings. The highest BCUT2D eigenvalue weighted by molar-refractivity contribution is 5.79. The maximum Gasteiger partial charge on any atom is 0.235 e. The van der Waals surface area contributed by atoms with Crippen LogP contribution in [-0.2, 0) is 4.79 Å². The van der Waals surface area contributed by atoms with E-state index in [1.54, 1.807) is 0 Å². The predicted octanol–water partition coefficient (Wildman–Crippen LogP) is 2.08. The van der Waals surface area contributed by atoms with E-state index in [1.807, 2.05) is 25.1 Å². The zero-order valence-corrected chi connectivity index (χ0v) is 14.9. The van der Waals surface area contributed by atoms with E-state index in [9.17, 15) is 10.1 Å². The van der Waals surface area contributed by atoms with Gasteiger partial charge in [0, 0.05) is 18.8 Å². The summed E-state index contributed by atoms with van der Waals surface area (Å²) in [6.07, 6.45) is 4.70. The van der Waals surface area contributed by atoms with Gasteiger partial charge in [0.1, 0.15) is 11.4 Å². The van der Waals surface area contributed by atoms with Crippen molar-refractivity contribution in [2.45, 2.75) is 44.6 Å². The van der Waals surface area contributed by atoms with Gasteiger partial charge in [-0.15, -0.1) is 0 Å². The summed E-state index contributed by atoms with van der Waals surface area (Å²) in [6.45, 7) is 5.09. The molecule has 1 saturated carbocycles. The molecular weight excluding hydrogens is 314 g/mol. The normalized spacial score (nSPS) is 22.5. The van der Waals surface area contributed by atoms with Gasteiger partial charge in [0.25, 0.3) is 0 Å². The maximum atomic E-state index is 12.3. The van der Waals surface area contributed by atoms with Crippen LogP contribution in [0.1, 0.15) is 37.8 Å². The molecule has 1 unspecified atom stereocenters. The van der Waals surface area contributed by atoms with Crippen molar-refractivity contribution in [3.63, 3.8) is 0 Å². The number of aryl methyl sites for hydroxylation is 1. The van der Waals surface area contributed by atoms with Crippen LogP contribution in [-0.4, -0.2) is 47.5 Å². The van der Waals surface area contributed by atoms with Crippen LogP contribution in [0, 0.1) is 24.2 Å². The van der Waals surface area contributed by atoms with Crippen LogP contribution in [0.2, 0.25) is 0 Å². The van der Waals surface area contributed by atoms with Gasteiger partial charge in [-0.25, -0.2) is 4.98 Å². The first-order valence-corrected chi connectivity index (χ1v) is 9.21. The zero-order chi connectivity index (χ0) is 17.7. The molecule has 1 atom stereocenters. The fourth-order valence-electron chi connectivity index (χ4n) is 3.87. The summed E-state index contributed by atoms with van der Waals surface area (Å²) in [6, 6.07) is 8.29. The Morgan fingerprint density at radius 2 is 2.24 bits per heavy atom. The van der Waals surface area contributed by atoms with Crippen molar-refractivity contribution in [1.29, 1.82) is 5.26 Å². The number of hydrogen-bond acceptors (Lipinski definition) is 5. The molecule has 2 fully saturated rings. The molecule has 1 aromatic heterocycles. The van der Waals surface area contributed by atoms with Gasteiger partial charge in [0.15, 0.2) is 0 Å². The number of nitriles is 1. The van der Waals surface area contributed by atoms with Crippen molar-refractivity contribution in [1.82, 2.24) is 15.2 Å². The SMILES string of the molecule is Cc1cccc(NCC2CCN(CC(=O)NC3(C#N)CCCC3)C2)n1. The summed E-state index contributed by atoms with van der Waals surface area (Å²) in [7, 11) is 0. The van der Waals surface area contributed by atoms with E-state index < -0.39 is 5.54 Å². The number of nitrogens with zero attached hydrogens (tertiary/aromatic N) is 3. The minimum atomic E-state index is -0.616. The molecule has 1 amide bonds. The Morgan fingerprint density at radius 1 is 1.44 bits per heavy atom. The summed E-state index contributed by atoms with van der Waals surface area (Å²) in [4.78, 5) is 19.0. The van der Waals surface area contributed by atoms with E-state index in [0.29, 0.717) is 12.5 Å². The Morgan fingerprint density at radius 3 is 2.96 bits per heavy atom. The molecule has 2 aliphatic rings. The van der Waals surface area contributed by atoms with Crippen molar-refractivity contribution in [2.24, 2.45) is 5.92 Å². The number of carbonyl (C=O) groups is 1. The number of carbonyl (C=O) groups excluding carboxylic acids is 1. The fourth-order valence-corrected chi connectivity index (χ4v) is 3.87. The Hall–Kier alpha value is -2.13. The third-order valence-corrected chi connectivity index (χ3v) is 5.25. The first kappa shape index (κ1) is 17.7. The molecule has 3 rings (SSSR count). The lowest BCUT2D eigenvalue weighted by molar-refractivity contribution is -0.123. The predicted molar refractivity (Wildman–Crippen MR) is 97.0 cm³/mol. The molecule has 1 aliphatic heterocycles. The molecule has 134 valence electrons. The summed E-state index contributed by atoms with van der Waals surface area (Å²) < 4.78 is 0. The molecule has 0 radical (unpaired) electrons. The largest absolute Gasteiger partial charge is 0.370 e. The highest BCUT2D eigenvalue weighted by Crippen LogP contribution is 2.28. The number of nitrogens with one attached hydrogen (secondary N) is 2. The van der Waals surface area contributed by atoms with Crippen LogP contribution in [0.25, 0.3) is 0 Å². The lowest BCUT2D eigenvalue weighted by atomic mass is 10.00. The maximum absolute atomic E-state index is 12.3. The summed E-state index contributed by atoms with van der Waals surface area (Å²) in [5.74, 6) is 1.41. The van der Waals surface area contributed by atoms with Gasteiger partial charge in [-0.05, 0) is 63.6 Å². The molecule has 2 N–H and O–H groups in total. The first-order valence-electron chi connectivity index (χ1n) is 9.21. The van der Waals surface area contributed by atoms with Crippen molar-refractivity contribution in [3.8, 4) is 6.07 Å². The van der Waals surface area contributed by atoms with E-state index in [4.69, 9.17) is 0 Å². The Bertz CT molecular complexity index is 647. The highest BCUT2D eigenvalue weighted by atomic mass is 16.2. The van der Waals surface area contributed by atoms with Crippen LogP contribution in [0.4, 0.5) is 5.82 Å². The van der Waals surface area contributed by atoms with Gasteiger partial charge in [0.05, 0.1) is 12.6 Å². The van der Waals surface area contributed by atoms with Crippen molar-refractivity contribution in [3.05, 3.63) is 23.9 Å². The standard InChI is InChI=1S/C19H27N5O/c1-15-5-4-6-17(22-15)21-11-16-7-10-24(12-16)13-18(25)23-19(14-20)8-2-3-9-19/h4-6,16H,2-3,7-13H2,1H3,(H,21,22)(H,23,25). The van der Waals surface area contributed by atoms with E-state index in [1.165, 1.54) is 0 Å². The smallest absolute Gasteiger partial charge is 0.235 e. The average Bonchev–Trinajstić information content (AvgIpc) is 3.23. The molecule has 2 heterocycles. The van der Waals surface area contributed by atoms with Gasteiger partial charge < -0.3 is 10.6 Å². The topological polar surface area (TPSA) is 81.0 Å². The van der Waals surface area contributed by atoms with Crippen LogP contribution >= 0.6 is 0 Å². The number of anilines is 1. The lowest BCUT2D eigenvalue weighted by Gasteiger charge is -2.24. The molecule has 0 spiro atoms. The molecule has 0 bridgehead atoms. The molecule has 6 nitrogen and oxygen atoms in total. The minimum absolute atomic E-state index is 0.0163. The second-order valence-corrected chi connectivity index (χ2v) is 7.38. The van der Waals surface area contributed by atoms with Crippen molar-refractivity contribution >= 4 is 11.7 Å². The Kier molecular flexibility index (Phi) is 5.54. The van der Waals surface area contributed by atoms with Gasteiger partial charge >= 0.3 is 0 Å². The summed E-state index contributed by atoms with van der Waals surface area (Å²) >= 11 is 0. The van der Waals surface area contributed by atoms with E-state index >= 15 is 0 Å². The van der Waals surface area contributed by atoms with Crippen LogP contribution in [0.5, 0.6) is 0 Å². The number of rotatable bonds is 6. The first-order chi connectivity index (χ1) is 12.1. The summed E-state index contributed by atoms with van der Waals surface area (Å²) in [5.41, 5.74) is 0.391. The van der Waals surface area contributed by atoms with E-state index in [2.05, 4.69) is 26.6 Å². The van der Waals surface area contributed by atoms with Gasteiger partial charge in [0.2, 0.25) is 5.91 Å². The second kappa shape index (κ2) is 7.83. The van der Waals surface area contributed by atoms with Crippen molar-refractivity contribution in [2.75, 3.05) is 31.5 Å². The van der Waals surface area contributed by atoms with Crippen LogP contribution in [0.15, 0.2) is 18.2 Å². The average molecular weight is 341 g/mol. The third kappa shape index (κ3) is 4.70. The quantitative estimate of drug-likeness (QED) is 0.828. The molecule has 0 aromatic carbocycles. The number of amides is 1. The molecule has 1 saturated heterocycles. The van der Waals surface area contributed by atoms with Crippen LogP contribution < -0.4 is 10.6 Å². The van der Waals surface area contributed by atoms with E-state index in [-0.39, 0.29) is 5.91 Å². The van der Waals surface area contributed by atoms with Gasteiger partial charge in [-0.1, -0.05) is 6.07 Å². The zero-order valence-electron chi connectivity index (χ0n) is 14.9. The Balaban J connectivity index is 1.42. The lowest BCUT2D eigenvalue weighted by Crippen LogP contribution is -2.48. The van der Waals surface area contributed by atoms with Gasteiger partial charge in [-0.3, -0.25) is 9.69 Å². The van der Waals surface area contributed by atoms with Crippen LogP contribution in [0.3, 0.4) is 0 Å². The van der Waals surface area contributed by atoms with Crippen molar-refractivity contribution < 1.29 is 4.79 Å². The number of hydrogen-bond donors (Lipinski definition) is 2. The molecule has 1 aliphatic carbocycles. The third-order valence-electron chi connectivity index (χ3n) is 5.25. The van der Waals surface area contributed by atoms with Gasteiger partial charge in [-0.2, -0.15) is 5.26 Å². The highest BCUT2D eigenvalue weighted by Gasteiger charge is 2.36.